The van der Waals surface area contributed by atoms with Crippen LogP contribution in [0.3, 0.4) is 0 Å². The predicted octanol–water partition coefficient (Wildman–Crippen LogP) is 1.70. The van der Waals surface area contributed by atoms with Crippen LogP contribution < -0.4 is 10.5 Å². The van der Waals surface area contributed by atoms with Gasteiger partial charge in [-0.05, 0) is 31.4 Å². The van der Waals surface area contributed by atoms with Crippen LogP contribution in [0.25, 0.3) is 0 Å². The summed E-state index contributed by atoms with van der Waals surface area (Å²) in [7, 11) is -3.06. The molecule has 0 aromatic heterocycles. The fraction of sp³-hybridized carbons (Fsp3) is 0.500. The average Bonchev–Trinajstić information content (AvgIpc) is 2.37. The number of nitrogen functional groups attached to an aromatic ring is 1. The number of anilines is 1. The minimum Gasteiger partial charge on any atom is -0.490 e. The van der Waals surface area contributed by atoms with Gasteiger partial charge in [0.2, 0.25) is 0 Å². The molecule has 1 aromatic carbocycles. The van der Waals surface area contributed by atoms with Crippen LogP contribution >= 0.6 is 0 Å². The second-order valence-electron chi connectivity index (χ2n) is 5.41. The third-order valence-corrected chi connectivity index (χ3v) is 5.38. The molecule has 3 N–H and O–H groups in total. The number of carbonyl (C=O) groups is 1. The number of ether oxygens (including phenoxy) is 1. The predicted molar refractivity (Wildman–Crippen MR) is 79.3 cm³/mol. The second-order valence-corrected chi connectivity index (χ2v) is 7.74. The largest absolute Gasteiger partial charge is 0.490 e. The Morgan fingerprint density at radius 2 is 2.10 bits per heavy atom. The first-order chi connectivity index (χ1) is 9.77. The Kier molecular flexibility index (Phi) is 4.41. The van der Waals surface area contributed by atoms with Gasteiger partial charge in [-0.1, -0.05) is 0 Å². The molecule has 1 aromatic rings. The molecular formula is C14H19NO5S. The molecule has 0 aliphatic heterocycles. The van der Waals surface area contributed by atoms with Crippen LogP contribution in [0, 0.1) is 0 Å². The molecule has 1 aliphatic carbocycles. The molecule has 0 amide bonds. The topological polar surface area (TPSA) is 107 Å². The first-order valence-corrected chi connectivity index (χ1v) is 8.71. The molecule has 116 valence electrons. The SMILES string of the molecule is CS(=O)(=O)C1CCCC(Oc2ccc(C(=O)O)c(N)c2)C1. The minimum absolute atomic E-state index is 0.0278. The van der Waals surface area contributed by atoms with Crippen molar-refractivity contribution in [3.8, 4) is 5.75 Å². The summed E-state index contributed by atoms with van der Waals surface area (Å²) in [6.07, 6.45) is 3.77. The van der Waals surface area contributed by atoms with Gasteiger partial charge in [0.15, 0.2) is 0 Å². The smallest absolute Gasteiger partial charge is 0.337 e. The van der Waals surface area contributed by atoms with E-state index in [1.165, 1.54) is 18.4 Å². The van der Waals surface area contributed by atoms with E-state index in [-0.39, 0.29) is 22.6 Å². The minimum atomic E-state index is -3.06. The van der Waals surface area contributed by atoms with E-state index in [9.17, 15) is 13.2 Å². The standard InChI is InChI=1S/C14H19NO5S/c1-21(18,19)11-4-2-3-9(7-11)20-10-5-6-12(14(16)17)13(15)8-10/h5-6,8-9,11H,2-4,7,15H2,1H3,(H,16,17). The first kappa shape index (κ1) is 15.6. The number of nitrogens with two attached hydrogens (primary N) is 1. The highest BCUT2D eigenvalue weighted by Gasteiger charge is 2.30. The Hall–Kier alpha value is -1.76. The number of carboxylic acids is 1. The number of sulfone groups is 1. The molecule has 2 unspecified atom stereocenters. The van der Waals surface area contributed by atoms with Crippen LogP contribution in [-0.4, -0.2) is 37.1 Å². The van der Waals surface area contributed by atoms with E-state index < -0.39 is 15.8 Å². The van der Waals surface area contributed by atoms with Gasteiger partial charge in [-0.3, -0.25) is 0 Å². The Morgan fingerprint density at radius 3 is 2.67 bits per heavy atom. The van der Waals surface area contributed by atoms with Crippen molar-refractivity contribution in [2.24, 2.45) is 0 Å². The van der Waals surface area contributed by atoms with Gasteiger partial charge < -0.3 is 15.6 Å². The summed E-state index contributed by atoms with van der Waals surface area (Å²) in [4.78, 5) is 10.9. The van der Waals surface area contributed by atoms with Crippen LogP contribution in [-0.2, 0) is 9.84 Å². The van der Waals surface area contributed by atoms with Crippen LogP contribution in [0.5, 0.6) is 5.75 Å². The zero-order chi connectivity index (χ0) is 15.6. The highest BCUT2D eigenvalue weighted by molar-refractivity contribution is 7.91. The van der Waals surface area contributed by atoms with Crippen molar-refractivity contribution >= 4 is 21.5 Å². The molecule has 21 heavy (non-hydrogen) atoms. The van der Waals surface area contributed by atoms with Crippen LogP contribution in [0.2, 0.25) is 0 Å². The lowest BCUT2D eigenvalue weighted by molar-refractivity contribution is 0.0698. The summed E-state index contributed by atoms with van der Waals surface area (Å²) in [6.45, 7) is 0. The molecular weight excluding hydrogens is 294 g/mol. The van der Waals surface area contributed by atoms with Gasteiger partial charge in [-0.2, -0.15) is 0 Å². The van der Waals surface area contributed by atoms with Gasteiger partial charge in [0, 0.05) is 24.4 Å². The second kappa shape index (κ2) is 5.93. The van der Waals surface area contributed by atoms with E-state index in [0.717, 1.165) is 12.8 Å². The molecule has 2 rings (SSSR count). The number of rotatable bonds is 4. The van der Waals surface area contributed by atoms with E-state index in [4.69, 9.17) is 15.6 Å². The van der Waals surface area contributed by atoms with Crippen molar-refractivity contribution in [1.29, 1.82) is 0 Å². The maximum atomic E-state index is 11.6. The summed E-state index contributed by atoms with van der Waals surface area (Å²) in [5, 5.41) is 8.55. The van der Waals surface area contributed by atoms with Crippen molar-refractivity contribution in [1.82, 2.24) is 0 Å². The molecule has 1 saturated carbocycles. The van der Waals surface area contributed by atoms with Crippen molar-refractivity contribution in [2.45, 2.75) is 37.0 Å². The molecule has 0 bridgehead atoms. The fourth-order valence-corrected chi connectivity index (χ4v) is 3.76. The van der Waals surface area contributed by atoms with Crippen molar-refractivity contribution in [3.63, 3.8) is 0 Å². The number of hydrogen-bond donors (Lipinski definition) is 2. The highest BCUT2D eigenvalue weighted by Crippen LogP contribution is 2.28. The summed E-state index contributed by atoms with van der Waals surface area (Å²) < 4.78 is 29.0. The van der Waals surface area contributed by atoms with Gasteiger partial charge >= 0.3 is 5.97 Å². The molecule has 2 atom stereocenters. The lowest BCUT2D eigenvalue weighted by atomic mass is 9.97. The summed E-state index contributed by atoms with van der Waals surface area (Å²) in [6, 6.07) is 4.40. The molecule has 1 fully saturated rings. The number of benzene rings is 1. The molecule has 0 spiro atoms. The fourth-order valence-electron chi connectivity index (χ4n) is 2.60. The van der Waals surface area contributed by atoms with Gasteiger partial charge in [-0.15, -0.1) is 0 Å². The maximum Gasteiger partial charge on any atom is 0.337 e. The molecule has 0 radical (unpaired) electrons. The number of carboxylic acid groups (broad SMARTS) is 1. The summed E-state index contributed by atoms with van der Waals surface area (Å²) in [5.74, 6) is -0.620. The van der Waals surface area contributed by atoms with E-state index in [2.05, 4.69) is 0 Å². The van der Waals surface area contributed by atoms with Crippen molar-refractivity contribution in [3.05, 3.63) is 23.8 Å². The quantitative estimate of drug-likeness (QED) is 0.819. The van der Waals surface area contributed by atoms with Crippen LogP contribution in [0.4, 0.5) is 5.69 Å². The van der Waals surface area contributed by atoms with Gasteiger partial charge in [-0.25, -0.2) is 13.2 Å². The zero-order valence-corrected chi connectivity index (χ0v) is 12.6. The summed E-state index contributed by atoms with van der Waals surface area (Å²) in [5.41, 5.74) is 5.83. The lowest BCUT2D eigenvalue weighted by Crippen LogP contribution is -2.33. The van der Waals surface area contributed by atoms with Gasteiger partial charge in [0.1, 0.15) is 15.6 Å². The van der Waals surface area contributed by atoms with Gasteiger partial charge in [0.05, 0.1) is 16.9 Å². The Morgan fingerprint density at radius 1 is 1.38 bits per heavy atom. The molecule has 6 nitrogen and oxygen atoms in total. The highest BCUT2D eigenvalue weighted by atomic mass is 32.2. The number of hydrogen-bond acceptors (Lipinski definition) is 5. The van der Waals surface area contributed by atoms with E-state index >= 15 is 0 Å². The van der Waals surface area contributed by atoms with E-state index in [0.29, 0.717) is 18.6 Å². The first-order valence-electron chi connectivity index (χ1n) is 6.75. The van der Waals surface area contributed by atoms with Crippen molar-refractivity contribution < 1.29 is 23.1 Å². The van der Waals surface area contributed by atoms with E-state index in [1.807, 2.05) is 0 Å². The Bertz CT molecular complexity index is 641. The Balaban J connectivity index is 2.08. The normalized spacial score (nSPS) is 22.7. The lowest BCUT2D eigenvalue weighted by Gasteiger charge is -2.28. The average molecular weight is 313 g/mol. The monoisotopic (exact) mass is 313 g/mol. The van der Waals surface area contributed by atoms with Crippen molar-refractivity contribution in [2.75, 3.05) is 12.0 Å². The Labute approximate surface area is 123 Å². The third-order valence-electron chi connectivity index (χ3n) is 3.74. The molecule has 7 heteroatoms. The summed E-state index contributed by atoms with van der Waals surface area (Å²) >= 11 is 0. The zero-order valence-electron chi connectivity index (χ0n) is 11.8. The third kappa shape index (κ3) is 3.87. The molecule has 0 heterocycles. The number of aromatic carboxylic acids is 1. The molecule has 0 saturated heterocycles. The van der Waals surface area contributed by atoms with Crippen LogP contribution in [0.15, 0.2) is 18.2 Å². The van der Waals surface area contributed by atoms with E-state index in [1.54, 1.807) is 6.07 Å². The molecule has 1 aliphatic rings. The maximum absolute atomic E-state index is 11.6. The van der Waals surface area contributed by atoms with Gasteiger partial charge in [0.25, 0.3) is 0 Å². The van der Waals surface area contributed by atoms with Crippen LogP contribution in [0.1, 0.15) is 36.0 Å².